The van der Waals surface area contributed by atoms with Crippen LogP contribution >= 0.6 is 7.82 Å². The standard InChI is InChI=1S/C7H8N5O7P/c13-6-3-1-8-10-4(3)5(11-12-6)9-7(14)18-2-19-20(15,16)17/h1H,2H2,(H,8,10)(H,12,13)(H,9,11,14)(H2,15,16,17). The van der Waals surface area contributed by atoms with E-state index >= 15 is 0 Å². The average Bonchev–Trinajstić information content (AvgIpc) is 2.81. The minimum atomic E-state index is -4.72. The number of anilines is 1. The maximum Gasteiger partial charge on any atom is 0.472 e. The fourth-order valence-electron chi connectivity index (χ4n) is 1.23. The SMILES string of the molecule is O=C(Nc1n[nH]c(=O)c2cn[nH]c12)OCOP(=O)(O)O. The van der Waals surface area contributed by atoms with Gasteiger partial charge in [-0.05, 0) is 0 Å². The molecule has 13 heteroatoms. The van der Waals surface area contributed by atoms with Gasteiger partial charge >= 0.3 is 13.9 Å². The summed E-state index contributed by atoms with van der Waals surface area (Å²) in [4.78, 5) is 39.4. The number of ether oxygens (including phenoxy) is 1. The van der Waals surface area contributed by atoms with Gasteiger partial charge in [-0.15, -0.1) is 0 Å². The lowest BCUT2D eigenvalue weighted by molar-refractivity contribution is 0.0470. The number of H-pyrrole nitrogens is 2. The second-order valence-electron chi connectivity index (χ2n) is 3.35. The Labute approximate surface area is 109 Å². The van der Waals surface area contributed by atoms with Crippen LogP contribution in [0.2, 0.25) is 0 Å². The highest BCUT2D eigenvalue weighted by atomic mass is 31.2. The number of phosphoric acid groups is 1. The molecule has 0 unspecified atom stereocenters. The van der Waals surface area contributed by atoms with Gasteiger partial charge < -0.3 is 14.5 Å². The Morgan fingerprint density at radius 1 is 1.45 bits per heavy atom. The van der Waals surface area contributed by atoms with Crippen LogP contribution in [0.1, 0.15) is 0 Å². The molecule has 0 spiro atoms. The Morgan fingerprint density at radius 2 is 2.20 bits per heavy atom. The monoisotopic (exact) mass is 305 g/mol. The molecule has 108 valence electrons. The number of amides is 1. The summed E-state index contributed by atoms with van der Waals surface area (Å²) in [5.41, 5.74) is -0.334. The van der Waals surface area contributed by atoms with Crippen molar-refractivity contribution in [1.82, 2.24) is 20.4 Å². The molecule has 20 heavy (non-hydrogen) atoms. The summed E-state index contributed by atoms with van der Waals surface area (Å²) in [6, 6.07) is 0. The summed E-state index contributed by atoms with van der Waals surface area (Å²) in [6.07, 6.45) is 0.150. The van der Waals surface area contributed by atoms with Crippen molar-refractivity contribution in [3.63, 3.8) is 0 Å². The van der Waals surface area contributed by atoms with Gasteiger partial charge in [-0.25, -0.2) is 19.0 Å². The van der Waals surface area contributed by atoms with Crippen LogP contribution in [0, 0.1) is 0 Å². The van der Waals surface area contributed by atoms with E-state index in [-0.39, 0.29) is 16.7 Å². The van der Waals surface area contributed by atoms with Crippen molar-refractivity contribution in [2.75, 3.05) is 12.1 Å². The third kappa shape index (κ3) is 3.39. The molecule has 2 heterocycles. The third-order valence-electron chi connectivity index (χ3n) is 2.02. The fraction of sp³-hybridized carbons (Fsp3) is 0.143. The van der Waals surface area contributed by atoms with Crippen molar-refractivity contribution in [2.24, 2.45) is 0 Å². The second kappa shape index (κ2) is 5.38. The molecule has 0 aliphatic carbocycles. The highest BCUT2D eigenvalue weighted by Gasteiger charge is 2.16. The van der Waals surface area contributed by atoms with Crippen molar-refractivity contribution < 1.29 is 28.4 Å². The number of hydrogen-bond acceptors (Lipinski definition) is 7. The van der Waals surface area contributed by atoms with Gasteiger partial charge in [0, 0.05) is 0 Å². The zero-order chi connectivity index (χ0) is 14.8. The number of nitrogens with one attached hydrogen (secondary N) is 3. The molecule has 0 aromatic carbocycles. The predicted octanol–water partition coefficient (Wildman–Crippen LogP) is -0.739. The lowest BCUT2D eigenvalue weighted by Crippen LogP contribution is -2.18. The maximum atomic E-state index is 11.3. The van der Waals surface area contributed by atoms with Crippen LogP contribution in [-0.4, -0.2) is 43.1 Å². The number of carbonyl (C=O) groups is 1. The smallest absolute Gasteiger partial charge is 0.421 e. The van der Waals surface area contributed by atoms with Gasteiger partial charge in [0.15, 0.2) is 5.82 Å². The van der Waals surface area contributed by atoms with E-state index in [1.165, 1.54) is 6.20 Å². The summed E-state index contributed by atoms with van der Waals surface area (Å²) >= 11 is 0. The van der Waals surface area contributed by atoms with Crippen molar-refractivity contribution in [1.29, 1.82) is 0 Å². The van der Waals surface area contributed by atoms with E-state index in [1.54, 1.807) is 0 Å². The van der Waals surface area contributed by atoms with E-state index in [4.69, 9.17) is 9.79 Å². The van der Waals surface area contributed by atoms with E-state index in [0.29, 0.717) is 0 Å². The number of fused-ring (bicyclic) bond motifs is 1. The second-order valence-corrected chi connectivity index (χ2v) is 4.59. The Balaban J connectivity index is 2.03. The van der Waals surface area contributed by atoms with E-state index in [1.807, 2.05) is 0 Å². The topological polar surface area (TPSA) is 180 Å². The highest BCUT2D eigenvalue weighted by molar-refractivity contribution is 7.46. The first-order valence-electron chi connectivity index (χ1n) is 4.92. The molecule has 2 rings (SSSR count). The van der Waals surface area contributed by atoms with Gasteiger partial charge in [0.1, 0.15) is 5.52 Å². The molecule has 0 atom stereocenters. The van der Waals surface area contributed by atoms with Crippen LogP contribution in [-0.2, 0) is 13.8 Å². The van der Waals surface area contributed by atoms with E-state index in [2.05, 4.69) is 35.0 Å². The first kappa shape index (κ1) is 14.1. The molecule has 0 aliphatic heterocycles. The summed E-state index contributed by atoms with van der Waals surface area (Å²) in [7, 11) is -4.72. The lowest BCUT2D eigenvalue weighted by Gasteiger charge is -2.07. The van der Waals surface area contributed by atoms with Crippen molar-refractivity contribution in [2.45, 2.75) is 0 Å². The molecule has 5 N–H and O–H groups in total. The van der Waals surface area contributed by atoms with Crippen LogP contribution < -0.4 is 10.9 Å². The van der Waals surface area contributed by atoms with Crippen LogP contribution in [0.15, 0.2) is 11.0 Å². The van der Waals surface area contributed by atoms with Gasteiger partial charge in [-0.3, -0.25) is 15.2 Å². The fourth-order valence-corrected chi connectivity index (χ4v) is 1.42. The highest BCUT2D eigenvalue weighted by Crippen LogP contribution is 2.35. The maximum absolute atomic E-state index is 11.3. The molecular formula is C7H8N5O7P. The summed E-state index contributed by atoms with van der Waals surface area (Å²) in [6.45, 7) is -0.953. The van der Waals surface area contributed by atoms with Crippen molar-refractivity contribution in [3.8, 4) is 0 Å². The molecule has 0 aliphatic rings. The molecule has 0 saturated carbocycles. The number of rotatable bonds is 4. The number of carbonyl (C=O) groups excluding carboxylic acids is 1. The normalized spacial score (nSPS) is 11.5. The minimum Gasteiger partial charge on any atom is -0.421 e. The Bertz CT molecular complexity index is 732. The first-order chi connectivity index (χ1) is 9.37. The Morgan fingerprint density at radius 3 is 2.90 bits per heavy atom. The Kier molecular flexibility index (Phi) is 3.81. The van der Waals surface area contributed by atoms with Crippen LogP contribution in [0.4, 0.5) is 10.6 Å². The largest absolute Gasteiger partial charge is 0.472 e. The molecule has 0 saturated heterocycles. The number of aromatic amines is 2. The molecule has 0 radical (unpaired) electrons. The van der Waals surface area contributed by atoms with Crippen molar-refractivity contribution >= 4 is 30.6 Å². The quantitative estimate of drug-likeness (QED) is 0.359. The van der Waals surface area contributed by atoms with Gasteiger partial charge in [-0.2, -0.15) is 10.2 Å². The summed E-state index contributed by atoms with van der Waals surface area (Å²) < 4.78 is 18.6. The van der Waals surface area contributed by atoms with Gasteiger partial charge in [0.2, 0.25) is 6.79 Å². The first-order valence-corrected chi connectivity index (χ1v) is 6.45. The number of hydrogen-bond donors (Lipinski definition) is 5. The zero-order valence-electron chi connectivity index (χ0n) is 9.56. The van der Waals surface area contributed by atoms with E-state index in [9.17, 15) is 14.2 Å². The van der Waals surface area contributed by atoms with Gasteiger partial charge in [0.25, 0.3) is 5.56 Å². The molecule has 0 fully saturated rings. The van der Waals surface area contributed by atoms with Crippen LogP contribution in [0.3, 0.4) is 0 Å². The van der Waals surface area contributed by atoms with Crippen LogP contribution in [0.5, 0.6) is 0 Å². The number of aromatic nitrogens is 4. The van der Waals surface area contributed by atoms with Crippen molar-refractivity contribution in [3.05, 3.63) is 16.6 Å². The predicted molar refractivity (Wildman–Crippen MR) is 62.6 cm³/mol. The minimum absolute atomic E-state index is 0.0710. The van der Waals surface area contributed by atoms with Crippen LogP contribution in [0.25, 0.3) is 10.9 Å². The molecule has 12 nitrogen and oxygen atoms in total. The number of phosphoric ester groups is 1. The molecule has 1 amide bonds. The average molecular weight is 305 g/mol. The van der Waals surface area contributed by atoms with Gasteiger partial charge in [-0.1, -0.05) is 0 Å². The summed E-state index contributed by atoms with van der Waals surface area (Å²) in [5, 5.41) is 14.1. The molecular weight excluding hydrogens is 297 g/mol. The zero-order valence-corrected chi connectivity index (χ0v) is 10.5. The third-order valence-corrected chi connectivity index (χ3v) is 2.46. The van der Waals surface area contributed by atoms with E-state index in [0.717, 1.165) is 0 Å². The molecule has 0 bridgehead atoms. The summed E-state index contributed by atoms with van der Waals surface area (Å²) in [5.74, 6) is -0.0710. The number of nitrogens with zero attached hydrogens (tertiary/aromatic N) is 2. The van der Waals surface area contributed by atoms with Gasteiger partial charge in [0.05, 0.1) is 11.6 Å². The Hall–Kier alpha value is -2.27. The molecule has 2 aromatic rings. The lowest BCUT2D eigenvalue weighted by atomic mass is 10.3. The van der Waals surface area contributed by atoms with E-state index < -0.39 is 26.3 Å². The molecule has 2 aromatic heterocycles.